The lowest BCUT2D eigenvalue weighted by molar-refractivity contribution is 0.301. The maximum Gasteiger partial charge on any atom is 0.139 e. The van der Waals surface area contributed by atoms with Gasteiger partial charge in [0, 0.05) is 16.6 Å². The van der Waals surface area contributed by atoms with Gasteiger partial charge in [0.15, 0.2) is 0 Å². The molecule has 0 spiro atoms. The van der Waals surface area contributed by atoms with Crippen LogP contribution < -0.4 is 10.1 Å². The van der Waals surface area contributed by atoms with Gasteiger partial charge in [-0.2, -0.15) is 0 Å². The van der Waals surface area contributed by atoms with Crippen molar-refractivity contribution in [3.63, 3.8) is 0 Å². The summed E-state index contributed by atoms with van der Waals surface area (Å²) >= 11 is 11.9. The molecule has 18 heavy (non-hydrogen) atoms. The fourth-order valence-corrected chi connectivity index (χ4v) is 1.79. The van der Waals surface area contributed by atoms with E-state index in [4.69, 9.17) is 27.9 Å². The lowest BCUT2D eigenvalue weighted by atomic mass is 10.1. The summed E-state index contributed by atoms with van der Waals surface area (Å²) in [4.78, 5) is 0. The molecule has 1 N–H and O–H groups in total. The Bertz CT molecular complexity index is 375. The van der Waals surface area contributed by atoms with Crippen LogP contribution in [0, 0.1) is 0 Å². The maximum absolute atomic E-state index is 6.00. The van der Waals surface area contributed by atoms with Gasteiger partial charge in [-0.3, -0.25) is 0 Å². The predicted octanol–water partition coefficient (Wildman–Crippen LogP) is 4.54. The molecule has 0 saturated carbocycles. The minimum absolute atomic E-state index is 0.178. The molecule has 1 rings (SSSR count). The lowest BCUT2D eigenvalue weighted by Gasteiger charge is -2.20. The predicted molar refractivity (Wildman–Crippen MR) is 78.9 cm³/mol. The highest BCUT2D eigenvalue weighted by Crippen LogP contribution is 2.27. The van der Waals surface area contributed by atoms with Crippen molar-refractivity contribution in [2.75, 3.05) is 13.2 Å². The van der Waals surface area contributed by atoms with Crippen LogP contribution in [0.1, 0.15) is 33.6 Å². The first-order valence-corrected chi connectivity index (χ1v) is 6.97. The molecule has 102 valence electrons. The zero-order valence-corrected chi connectivity index (χ0v) is 12.7. The van der Waals surface area contributed by atoms with Gasteiger partial charge >= 0.3 is 0 Å². The summed E-state index contributed by atoms with van der Waals surface area (Å²) in [6, 6.07) is 5.25. The Morgan fingerprint density at radius 2 is 1.89 bits per heavy atom. The first-order valence-electron chi connectivity index (χ1n) is 6.21. The first-order chi connectivity index (χ1) is 8.38. The van der Waals surface area contributed by atoms with Crippen molar-refractivity contribution in [2.45, 2.75) is 39.2 Å². The Morgan fingerprint density at radius 3 is 2.56 bits per heavy atom. The van der Waals surface area contributed by atoms with Gasteiger partial charge in [-0.25, -0.2) is 0 Å². The number of nitrogens with one attached hydrogen (secondary N) is 1. The number of ether oxygens (including phenoxy) is 1. The average Bonchev–Trinajstić information content (AvgIpc) is 2.26. The SMILES string of the molecule is CC(C)(C)NCCCCOc1cc(Cl)ccc1Cl. The van der Waals surface area contributed by atoms with E-state index in [1.54, 1.807) is 18.2 Å². The fraction of sp³-hybridized carbons (Fsp3) is 0.571. The van der Waals surface area contributed by atoms with Crippen LogP contribution in [0.2, 0.25) is 10.0 Å². The summed E-state index contributed by atoms with van der Waals surface area (Å²) < 4.78 is 5.61. The molecule has 0 amide bonds. The molecule has 0 unspecified atom stereocenters. The molecule has 4 heteroatoms. The third kappa shape index (κ3) is 6.48. The Hall–Kier alpha value is -0.440. The van der Waals surface area contributed by atoms with Gasteiger partial charge in [0.25, 0.3) is 0 Å². The standard InChI is InChI=1S/C14H21Cl2NO/c1-14(2,3)17-8-4-5-9-18-13-10-11(15)6-7-12(13)16/h6-7,10,17H,4-5,8-9H2,1-3H3. The highest BCUT2D eigenvalue weighted by atomic mass is 35.5. The summed E-state index contributed by atoms with van der Waals surface area (Å²) in [5.74, 6) is 0.660. The van der Waals surface area contributed by atoms with Gasteiger partial charge < -0.3 is 10.1 Å². The van der Waals surface area contributed by atoms with Crippen LogP contribution in [-0.4, -0.2) is 18.7 Å². The summed E-state index contributed by atoms with van der Waals surface area (Å²) in [5, 5.41) is 4.68. The third-order valence-corrected chi connectivity index (χ3v) is 2.92. The van der Waals surface area contributed by atoms with Crippen LogP contribution in [0.25, 0.3) is 0 Å². The molecule has 0 heterocycles. The quantitative estimate of drug-likeness (QED) is 0.777. The summed E-state index contributed by atoms with van der Waals surface area (Å²) in [6.45, 7) is 8.14. The van der Waals surface area contributed by atoms with Gasteiger partial charge in [0.2, 0.25) is 0 Å². The molecular formula is C14H21Cl2NO. The van der Waals surface area contributed by atoms with Crippen molar-refractivity contribution in [1.29, 1.82) is 0 Å². The Kier molecular flexibility index (Phi) is 6.27. The van der Waals surface area contributed by atoms with Crippen molar-refractivity contribution < 1.29 is 4.74 Å². The molecule has 1 aromatic rings. The van der Waals surface area contributed by atoms with Gasteiger partial charge in [-0.1, -0.05) is 23.2 Å². The monoisotopic (exact) mass is 289 g/mol. The number of halogens is 2. The van der Waals surface area contributed by atoms with Crippen LogP contribution in [0.5, 0.6) is 5.75 Å². The molecule has 0 aliphatic rings. The fourth-order valence-electron chi connectivity index (χ4n) is 1.46. The highest BCUT2D eigenvalue weighted by Gasteiger charge is 2.07. The van der Waals surface area contributed by atoms with Crippen LogP contribution in [0.3, 0.4) is 0 Å². The van der Waals surface area contributed by atoms with E-state index in [0.29, 0.717) is 22.4 Å². The van der Waals surface area contributed by atoms with Gasteiger partial charge in [0.1, 0.15) is 5.75 Å². The van der Waals surface area contributed by atoms with Crippen LogP contribution in [-0.2, 0) is 0 Å². The van der Waals surface area contributed by atoms with Crippen LogP contribution in [0.4, 0.5) is 0 Å². The minimum Gasteiger partial charge on any atom is -0.492 e. The molecule has 0 saturated heterocycles. The maximum atomic E-state index is 6.00. The molecule has 0 bridgehead atoms. The molecule has 0 aromatic heterocycles. The summed E-state index contributed by atoms with van der Waals surface area (Å²) in [7, 11) is 0. The lowest BCUT2D eigenvalue weighted by Crippen LogP contribution is -2.36. The van der Waals surface area contributed by atoms with E-state index in [-0.39, 0.29) is 5.54 Å². The minimum atomic E-state index is 0.178. The number of benzene rings is 1. The van der Waals surface area contributed by atoms with E-state index in [1.165, 1.54) is 0 Å². The number of hydrogen-bond donors (Lipinski definition) is 1. The van der Waals surface area contributed by atoms with E-state index < -0.39 is 0 Å². The Balaban J connectivity index is 2.20. The van der Waals surface area contributed by atoms with Crippen molar-refractivity contribution in [1.82, 2.24) is 5.32 Å². The summed E-state index contributed by atoms with van der Waals surface area (Å²) in [6.07, 6.45) is 2.07. The molecule has 0 aliphatic carbocycles. The van der Waals surface area contributed by atoms with E-state index in [1.807, 2.05) is 0 Å². The van der Waals surface area contributed by atoms with E-state index in [2.05, 4.69) is 26.1 Å². The van der Waals surface area contributed by atoms with E-state index in [0.717, 1.165) is 19.4 Å². The second kappa shape index (κ2) is 7.22. The molecule has 0 atom stereocenters. The molecular weight excluding hydrogens is 269 g/mol. The van der Waals surface area contributed by atoms with E-state index in [9.17, 15) is 0 Å². The topological polar surface area (TPSA) is 21.3 Å². The molecule has 0 radical (unpaired) electrons. The summed E-state index contributed by atoms with van der Waals surface area (Å²) in [5.41, 5.74) is 0.178. The smallest absolute Gasteiger partial charge is 0.139 e. The number of unbranched alkanes of at least 4 members (excludes halogenated alkanes) is 1. The van der Waals surface area contributed by atoms with E-state index >= 15 is 0 Å². The first kappa shape index (κ1) is 15.6. The third-order valence-electron chi connectivity index (χ3n) is 2.38. The van der Waals surface area contributed by atoms with Crippen LogP contribution in [0.15, 0.2) is 18.2 Å². The molecule has 2 nitrogen and oxygen atoms in total. The van der Waals surface area contributed by atoms with Crippen molar-refractivity contribution in [3.8, 4) is 5.75 Å². The zero-order chi connectivity index (χ0) is 13.6. The van der Waals surface area contributed by atoms with Crippen molar-refractivity contribution in [3.05, 3.63) is 28.2 Å². The van der Waals surface area contributed by atoms with Crippen LogP contribution >= 0.6 is 23.2 Å². The molecule has 1 aromatic carbocycles. The second-order valence-electron chi connectivity index (χ2n) is 5.31. The zero-order valence-electron chi connectivity index (χ0n) is 11.2. The van der Waals surface area contributed by atoms with Gasteiger partial charge in [-0.15, -0.1) is 0 Å². The Labute approximate surface area is 120 Å². The molecule has 0 aliphatic heterocycles. The normalized spacial score (nSPS) is 11.6. The average molecular weight is 290 g/mol. The van der Waals surface area contributed by atoms with Gasteiger partial charge in [-0.05, 0) is 52.3 Å². The second-order valence-corrected chi connectivity index (χ2v) is 6.15. The van der Waals surface area contributed by atoms with Crippen molar-refractivity contribution >= 4 is 23.2 Å². The number of hydrogen-bond acceptors (Lipinski definition) is 2. The highest BCUT2D eigenvalue weighted by molar-refractivity contribution is 6.34. The number of rotatable bonds is 6. The largest absolute Gasteiger partial charge is 0.492 e. The van der Waals surface area contributed by atoms with Crippen molar-refractivity contribution in [2.24, 2.45) is 0 Å². The van der Waals surface area contributed by atoms with Gasteiger partial charge in [0.05, 0.1) is 11.6 Å². The molecule has 0 fully saturated rings. The Morgan fingerprint density at radius 1 is 1.17 bits per heavy atom.